The van der Waals surface area contributed by atoms with E-state index in [0.29, 0.717) is 19.3 Å². The van der Waals surface area contributed by atoms with Crippen molar-refractivity contribution in [1.82, 2.24) is 0 Å². The van der Waals surface area contributed by atoms with Gasteiger partial charge < -0.3 is 15.2 Å². The SMILES string of the molecule is COc1ccc2c(c1)C(N)CC1(CCS(=O)(=O)CC1)O2. The number of methoxy groups -OCH3 is 1. The van der Waals surface area contributed by atoms with Gasteiger partial charge in [-0.3, -0.25) is 0 Å². The zero-order valence-electron chi connectivity index (χ0n) is 11.5. The summed E-state index contributed by atoms with van der Waals surface area (Å²) in [5.41, 5.74) is 6.77. The zero-order valence-corrected chi connectivity index (χ0v) is 12.3. The van der Waals surface area contributed by atoms with Crippen molar-refractivity contribution in [2.75, 3.05) is 18.6 Å². The van der Waals surface area contributed by atoms with Gasteiger partial charge in [0.05, 0.1) is 18.6 Å². The molecule has 1 spiro atoms. The van der Waals surface area contributed by atoms with Crippen LogP contribution in [0.25, 0.3) is 0 Å². The molecule has 0 amide bonds. The number of fused-ring (bicyclic) bond motifs is 1. The molecule has 1 fully saturated rings. The van der Waals surface area contributed by atoms with Crippen molar-refractivity contribution >= 4 is 9.84 Å². The maximum absolute atomic E-state index is 11.6. The first-order valence-corrected chi connectivity index (χ1v) is 8.58. The highest BCUT2D eigenvalue weighted by atomic mass is 32.2. The smallest absolute Gasteiger partial charge is 0.150 e. The van der Waals surface area contributed by atoms with E-state index in [9.17, 15) is 8.42 Å². The van der Waals surface area contributed by atoms with Gasteiger partial charge in [0.25, 0.3) is 0 Å². The van der Waals surface area contributed by atoms with Crippen LogP contribution in [0, 0.1) is 0 Å². The lowest BCUT2D eigenvalue weighted by Crippen LogP contribution is -2.48. The van der Waals surface area contributed by atoms with E-state index in [2.05, 4.69) is 0 Å². The lowest BCUT2D eigenvalue weighted by molar-refractivity contribution is 0.0263. The summed E-state index contributed by atoms with van der Waals surface area (Å²) in [5.74, 6) is 1.88. The third kappa shape index (κ3) is 2.38. The van der Waals surface area contributed by atoms with Crippen molar-refractivity contribution in [3.05, 3.63) is 23.8 Å². The molecule has 2 aliphatic rings. The van der Waals surface area contributed by atoms with Gasteiger partial charge in [-0.25, -0.2) is 8.42 Å². The van der Waals surface area contributed by atoms with Crippen LogP contribution in [0.3, 0.4) is 0 Å². The van der Waals surface area contributed by atoms with Gasteiger partial charge in [-0.15, -0.1) is 0 Å². The second-order valence-corrected chi connectivity index (χ2v) is 7.95. The quantitative estimate of drug-likeness (QED) is 0.848. The minimum Gasteiger partial charge on any atom is -0.497 e. The molecule has 1 aromatic carbocycles. The van der Waals surface area contributed by atoms with E-state index in [1.165, 1.54) is 0 Å². The molecule has 0 bridgehead atoms. The van der Waals surface area contributed by atoms with E-state index < -0.39 is 15.4 Å². The number of benzene rings is 1. The Balaban J connectivity index is 1.89. The first-order chi connectivity index (χ1) is 9.43. The van der Waals surface area contributed by atoms with E-state index in [1.54, 1.807) is 7.11 Å². The fourth-order valence-electron chi connectivity index (χ4n) is 3.04. The molecule has 0 radical (unpaired) electrons. The number of nitrogens with two attached hydrogens (primary N) is 1. The summed E-state index contributed by atoms with van der Waals surface area (Å²) in [5, 5.41) is 0. The molecule has 1 aromatic rings. The van der Waals surface area contributed by atoms with Gasteiger partial charge in [-0.1, -0.05) is 0 Å². The van der Waals surface area contributed by atoms with E-state index >= 15 is 0 Å². The van der Waals surface area contributed by atoms with Crippen LogP contribution in [0.5, 0.6) is 11.5 Å². The first kappa shape index (κ1) is 13.7. The molecule has 0 saturated carbocycles. The van der Waals surface area contributed by atoms with Crippen molar-refractivity contribution in [3.8, 4) is 11.5 Å². The molecular formula is C14H19NO4S. The van der Waals surface area contributed by atoms with Crippen LogP contribution in [0.1, 0.15) is 30.9 Å². The summed E-state index contributed by atoms with van der Waals surface area (Å²) in [6.45, 7) is 0. The molecule has 5 nitrogen and oxygen atoms in total. The predicted molar refractivity (Wildman–Crippen MR) is 75.8 cm³/mol. The van der Waals surface area contributed by atoms with E-state index in [4.69, 9.17) is 15.2 Å². The summed E-state index contributed by atoms with van der Waals surface area (Å²) in [7, 11) is -1.29. The van der Waals surface area contributed by atoms with Crippen molar-refractivity contribution in [3.63, 3.8) is 0 Å². The average Bonchev–Trinajstić information content (AvgIpc) is 2.43. The summed E-state index contributed by atoms with van der Waals surface area (Å²) < 4.78 is 34.5. The first-order valence-electron chi connectivity index (χ1n) is 6.76. The maximum Gasteiger partial charge on any atom is 0.150 e. The maximum atomic E-state index is 11.6. The topological polar surface area (TPSA) is 78.6 Å². The van der Waals surface area contributed by atoms with E-state index in [1.807, 2.05) is 18.2 Å². The van der Waals surface area contributed by atoms with Gasteiger partial charge in [0, 0.05) is 30.9 Å². The fourth-order valence-corrected chi connectivity index (χ4v) is 4.61. The van der Waals surface area contributed by atoms with Crippen molar-refractivity contribution in [1.29, 1.82) is 0 Å². The van der Waals surface area contributed by atoms with Crippen LogP contribution >= 0.6 is 0 Å². The summed E-state index contributed by atoms with van der Waals surface area (Å²) >= 11 is 0. The van der Waals surface area contributed by atoms with Crippen LogP contribution in [-0.4, -0.2) is 32.6 Å². The normalized spacial score (nSPS) is 26.6. The molecule has 20 heavy (non-hydrogen) atoms. The largest absolute Gasteiger partial charge is 0.497 e. The van der Waals surface area contributed by atoms with Gasteiger partial charge in [-0.05, 0) is 18.2 Å². The lowest BCUT2D eigenvalue weighted by Gasteiger charge is -2.43. The monoisotopic (exact) mass is 297 g/mol. The second kappa shape index (κ2) is 4.63. The number of rotatable bonds is 1. The Morgan fingerprint density at radius 3 is 2.70 bits per heavy atom. The Bertz CT molecular complexity index is 612. The number of ether oxygens (including phenoxy) is 2. The van der Waals surface area contributed by atoms with Crippen LogP contribution in [0.15, 0.2) is 18.2 Å². The Morgan fingerprint density at radius 1 is 1.35 bits per heavy atom. The van der Waals surface area contributed by atoms with Crippen LogP contribution < -0.4 is 15.2 Å². The molecule has 1 atom stereocenters. The summed E-state index contributed by atoms with van der Waals surface area (Å²) in [6, 6.07) is 5.45. The molecule has 2 N–H and O–H groups in total. The molecular weight excluding hydrogens is 278 g/mol. The standard InChI is InChI=1S/C14H19NO4S/c1-18-10-2-3-13-11(8-10)12(15)9-14(19-13)4-6-20(16,17)7-5-14/h2-3,8,12H,4-7,9,15H2,1H3. The van der Waals surface area contributed by atoms with Crippen LogP contribution in [0.4, 0.5) is 0 Å². The summed E-state index contributed by atoms with van der Waals surface area (Å²) in [6.07, 6.45) is 1.70. The minimum absolute atomic E-state index is 0.144. The van der Waals surface area contributed by atoms with Crippen molar-refractivity contribution < 1.29 is 17.9 Å². The zero-order chi connectivity index (χ0) is 14.4. The molecule has 1 saturated heterocycles. The fraction of sp³-hybridized carbons (Fsp3) is 0.571. The van der Waals surface area contributed by atoms with E-state index in [-0.39, 0.29) is 17.5 Å². The Hall–Kier alpha value is -1.27. The molecule has 2 heterocycles. The van der Waals surface area contributed by atoms with Gasteiger partial charge >= 0.3 is 0 Å². The number of hydrogen-bond acceptors (Lipinski definition) is 5. The molecule has 0 aromatic heterocycles. The third-order valence-electron chi connectivity index (χ3n) is 4.27. The molecule has 1 unspecified atom stereocenters. The van der Waals surface area contributed by atoms with Crippen LogP contribution in [-0.2, 0) is 9.84 Å². The molecule has 110 valence electrons. The van der Waals surface area contributed by atoms with E-state index in [0.717, 1.165) is 17.1 Å². The minimum atomic E-state index is -2.90. The van der Waals surface area contributed by atoms with Crippen molar-refractivity contribution in [2.45, 2.75) is 30.9 Å². The predicted octanol–water partition coefficient (Wildman–Crippen LogP) is 1.42. The Morgan fingerprint density at radius 2 is 2.05 bits per heavy atom. The van der Waals surface area contributed by atoms with Gasteiger partial charge in [0.1, 0.15) is 17.1 Å². The lowest BCUT2D eigenvalue weighted by atomic mass is 9.83. The van der Waals surface area contributed by atoms with Crippen LogP contribution in [0.2, 0.25) is 0 Å². The summed E-state index contributed by atoms with van der Waals surface area (Å²) in [4.78, 5) is 0. The molecule has 3 rings (SSSR count). The van der Waals surface area contributed by atoms with Gasteiger partial charge in [0.15, 0.2) is 9.84 Å². The van der Waals surface area contributed by atoms with Gasteiger partial charge in [0.2, 0.25) is 0 Å². The van der Waals surface area contributed by atoms with Gasteiger partial charge in [-0.2, -0.15) is 0 Å². The van der Waals surface area contributed by atoms with Crippen molar-refractivity contribution in [2.24, 2.45) is 5.73 Å². The Labute approximate surface area is 119 Å². The molecule has 0 aliphatic carbocycles. The number of sulfone groups is 1. The molecule has 6 heteroatoms. The highest BCUT2D eigenvalue weighted by Gasteiger charge is 2.44. The molecule has 2 aliphatic heterocycles. The number of hydrogen-bond donors (Lipinski definition) is 1. The Kier molecular flexibility index (Phi) is 3.17. The average molecular weight is 297 g/mol. The highest BCUT2D eigenvalue weighted by molar-refractivity contribution is 7.91. The highest BCUT2D eigenvalue weighted by Crippen LogP contribution is 2.44. The third-order valence-corrected chi connectivity index (χ3v) is 5.92. The second-order valence-electron chi connectivity index (χ2n) is 5.65.